The monoisotopic (exact) mass is 453 g/mol. The number of amides is 1. The number of para-hydroxylation sites is 1. The summed E-state index contributed by atoms with van der Waals surface area (Å²) in [4.78, 5) is 23.7. The number of carbonyl (C=O) groups excluding carboxylic acids is 1. The molecule has 0 radical (unpaired) electrons. The average Bonchev–Trinajstić information content (AvgIpc) is 2.80. The summed E-state index contributed by atoms with van der Waals surface area (Å²) < 4.78 is 26.3. The fourth-order valence-corrected chi connectivity index (χ4v) is 4.28. The standard InChI is InChI=1S/C25H29F2N5O/c1-32(2)24-19-5-3-4-6-22(19)30-25(31-24)29-18-11-9-17(10-12-18)28-23(33)14-8-16-7-13-20(26)21(27)15-16/h3-7,13,15,17-18H,8-12,14H2,1-2H3,(H,28,33)(H,29,30,31). The third-order valence-corrected chi connectivity index (χ3v) is 6.06. The molecule has 0 atom stereocenters. The maximum absolute atomic E-state index is 13.3. The van der Waals surface area contributed by atoms with Crippen LogP contribution in [-0.4, -0.2) is 42.1 Å². The number of hydrogen-bond donors (Lipinski definition) is 2. The first kappa shape index (κ1) is 22.9. The number of nitrogens with one attached hydrogen (secondary N) is 2. The zero-order valence-corrected chi connectivity index (χ0v) is 18.9. The van der Waals surface area contributed by atoms with Gasteiger partial charge in [-0.3, -0.25) is 4.79 Å². The predicted octanol–water partition coefficient (Wildman–Crippen LogP) is 4.45. The van der Waals surface area contributed by atoms with Gasteiger partial charge >= 0.3 is 0 Å². The number of nitrogens with zero attached hydrogens (tertiary/aromatic N) is 3. The Bertz CT molecular complexity index is 1130. The van der Waals surface area contributed by atoms with Gasteiger partial charge in [-0.25, -0.2) is 13.8 Å². The van der Waals surface area contributed by atoms with Crippen molar-refractivity contribution in [3.05, 3.63) is 59.7 Å². The van der Waals surface area contributed by atoms with E-state index in [1.54, 1.807) is 0 Å². The molecular formula is C25H29F2N5O. The van der Waals surface area contributed by atoms with Crippen molar-refractivity contribution in [3.63, 3.8) is 0 Å². The van der Waals surface area contributed by atoms with E-state index in [2.05, 4.69) is 15.6 Å². The smallest absolute Gasteiger partial charge is 0.225 e. The second-order valence-corrected chi connectivity index (χ2v) is 8.79. The number of aromatic nitrogens is 2. The number of anilines is 2. The second-order valence-electron chi connectivity index (χ2n) is 8.79. The molecule has 0 aliphatic heterocycles. The van der Waals surface area contributed by atoms with Gasteiger partial charge in [-0.2, -0.15) is 4.98 Å². The highest BCUT2D eigenvalue weighted by Gasteiger charge is 2.23. The topological polar surface area (TPSA) is 70.2 Å². The molecule has 2 aromatic carbocycles. The van der Waals surface area contributed by atoms with Gasteiger partial charge in [0.2, 0.25) is 11.9 Å². The van der Waals surface area contributed by atoms with Crippen LogP contribution in [0.25, 0.3) is 10.9 Å². The summed E-state index contributed by atoms with van der Waals surface area (Å²) in [5.74, 6) is -0.321. The van der Waals surface area contributed by atoms with Crippen molar-refractivity contribution >= 4 is 28.6 Å². The third-order valence-electron chi connectivity index (χ3n) is 6.06. The Morgan fingerprint density at radius 3 is 2.45 bits per heavy atom. The second kappa shape index (κ2) is 10.1. The van der Waals surface area contributed by atoms with E-state index >= 15 is 0 Å². The van der Waals surface area contributed by atoms with Crippen molar-refractivity contribution in [2.24, 2.45) is 0 Å². The van der Waals surface area contributed by atoms with Gasteiger partial charge in [0, 0.05) is 38.0 Å². The summed E-state index contributed by atoms with van der Waals surface area (Å²) in [6, 6.07) is 12.1. The van der Waals surface area contributed by atoms with E-state index in [4.69, 9.17) is 4.98 Å². The fourth-order valence-electron chi connectivity index (χ4n) is 4.28. The Balaban J connectivity index is 1.27. The molecule has 1 fully saturated rings. The van der Waals surface area contributed by atoms with Gasteiger partial charge in [-0.05, 0) is 61.9 Å². The maximum atomic E-state index is 13.3. The summed E-state index contributed by atoms with van der Waals surface area (Å²) in [5.41, 5.74) is 1.52. The van der Waals surface area contributed by atoms with Gasteiger partial charge in [0.05, 0.1) is 5.52 Å². The van der Waals surface area contributed by atoms with Gasteiger partial charge in [0.1, 0.15) is 5.82 Å². The van der Waals surface area contributed by atoms with Crippen LogP contribution in [0.5, 0.6) is 0 Å². The molecule has 8 heteroatoms. The van der Waals surface area contributed by atoms with Gasteiger partial charge < -0.3 is 15.5 Å². The minimum Gasteiger partial charge on any atom is -0.362 e. The molecule has 3 aromatic rings. The third kappa shape index (κ3) is 5.74. The zero-order chi connectivity index (χ0) is 23.4. The molecule has 33 heavy (non-hydrogen) atoms. The normalized spacial score (nSPS) is 18.2. The van der Waals surface area contributed by atoms with Crippen molar-refractivity contribution < 1.29 is 13.6 Å². The first-order valence-corrected chi connectivity index (χ1v) is 11.3. The van der Waals surface area contributed by atoms with Crippen LogP contribution in [0.4, 0.5) is 20.5 Å². The summed E-state index contributed by atoms with van der Waals surface area (Å²) in [5, 5.41) is 7.56. The molecule has 2 N–H and O–H groups in total. The van der Waals surface area contributed by atoms with Crippen LogP contribution in [0.1, 0.15) is 37.7 Å². The van der Waals surface area contributed by atoms with E-state index in [-0.39, 0.29) is 24.4 Å². The lowest BCUT2D eigenvalue weighted by Crippen LogP contribution is -2.40. The number of rotatable bonds is 7. The summed E-state index contributed by atoms with van der Waals surface area (Å²) >= 11 is 0. The van der Waals surface area contributed by atoms with E-state index < -0.39 is 11.6 Å². The number of halogens is 2. The van der Waals surface area contributed by atoms with Gasteiger partial charge in [-0.15, -0.1) is 0 Å². The number of benzene rings is 2. The van der Waals surface area contributed by atoms with Crippen LogP contribution in [0.15, 0.2) is 42.5 Å². The number of aryl methyl sites for hydroxylation is 1. The highest BCUT2D eigenvalue weighted by Crippen LogP contribution is 2.26. The Kier molecular flexibility index (Phi) is 7.01. The van der Waals surface area contributed by atoms with Crippen molar-refractivity contribution in [1.82, 2.24) is 15.3 Å². The molecule has 1 aromatic heterocycles. The van der Waals surface area contributed by atoms with Gasteiger partial charge in [-0.1, -0.05) is 18.2 Å². The van der Waals surface area contributed by atoms with E-state index in [1.807, 2.05) is 43.3 Å². The molecule has 1 amide bonds. The molecule has 0 unspecified atom stereocenters. The molecule has 0 bridgehead atoms. The summed E-state index contributed by atoms with van der Waals surface area (Å²) in [7, 11) is 3.94. The highest BCUT2D eigenvalue weighted by molar-refractivity contribution is 5.90. The van der Waals surface area contributed by atoms with E-state index in [9.17, 15) is 13.6 Å². The number of fused-ring (bicyclic) bond motifs is 1. The average molecular weight is 454 g/mol. The molecule has 6 nitrogen and oxygen atoms in total. The largest absolute Gasteiger partial charge is 0.362 e. The van der Waals surface area contributed by atoms with Crippen molar-refractivity contribution in [3.8, 4) is 0 Å². The molecule has 1 aliphatic rings. The van der Waals surface area contributed by atoms with Crippen LogP contribution < -0.4 is 15.5 Å². The van der Waals surface area contributed by atoms with Gasteiger partial charge in [0.15, 0.2) is 11.6 Å². The van der Waals surface area contributed by atoms with Crippen molar-refractivity contribution in [1.29, 1.82) is 0 Å². The molecule has 0 saturated heterocycles. The molecule has 1 heterocycles. The molecule has 4 rings (SSSR count). The zero-order valence-electron chi connectivity index (χ0n) is 18.9. The Labute approximate surface area is 192 Å². The highest BCUT2D eigenvalue weighted by atomic mass is 19.2. The Hall–Kier alpha value is -3.29. The van der Waals surface area contributed by atoms with E-state index in [1.165, 1.54) is 6.07 Å². The molecule has 1 saturated carbocycles. The minimum absolute atomic E-state index is 0.0652. The van der Waals surface area contributed by atoms with E-state index in [0.29, 0.717) is 17.9 Å². The SMILES string of the molecule is CN(C)c1nc(NC2CCC(NC(=O)CCc3ccc(F)c(F)c3)CC2)nc2ccccc12. The van der Waals surface area contributed by atoms with Gasteiger partial charge in [0.25, 0.3) is 0 Å². The van der Waals surface area contributed by atoms with Crippen molar-refractivity contribution in [2.75, 3.05) is 24.3 Å². The summed E-state index contributed by atoms with van der Waals surface area (Å²) in [6.07, 6.45) is 4.17. The quantitative estimate of drug-likeness (QED) is 0.553. The van der Waals surface area contributed by atoms with Crippen molar-refractivity contribution in [2.45, 2.75) is 50.6 Å². The fraction of sp³-hybridized carbons (Fsp3) is 0.400. The molecular weight excluding hydrogens is 424 g/mol. The number of carbonyl (C=O) groups is 1. The lowest BCUT2D eigenvalue weighted by atomic mass is 9.91. The minimum atomic E-state index is -0.883. The van der Waals surface area contributed by atoms with Crippen LogP contribution >= 0.6 is 0 Å². The van der Waals surface area contributed by atoms with Crippen LogP contribution in [-0.2, 0) is 11.2 Å². The number of hydrogen-bond acceptors (Lipinski definition) is 5. The van der Waals surface area contributed by atoms with Crippen LogP contribution in [0.2, 0.25) is 0 Å². The lowest BCUT2D eigenvalue weighted by Gasteiger charge is -2.30. The Morgan fingerprint density at radius 1 is 1.00 bits per heavy atom. The summed E-state index contributed by atoms with van der Waals surface area (Å²) in [6.45, 7) is 0. The van der Waals surface area contributed by atoms with E-state index in [0.717, 1.165) is 54.5 Å². The molecule has 1 aliphatic carbocycles. The molecule has 0 spiro atoms. The first-order valence-electron chi connectivity index (χ1n) is 11.3. The Morgan fingerprint density at radius 2 is 1.73 bits per heavy atom. The lowest BCUT2D eigenvalue weighted by molar-refractivity contribution is -0.122. The van der Waals surface area contributed by atoms with Crippen LogP contribution in [0, 0.1) is 11.6 Å². The molecule has 174 valence electrons. The van der Waals surface area contributed by atoms with Crippen LogP contribution in [0.3, 0.4) is 0 Å². The maximum Gasteiger partial charge on any atom is 0.225 e. The predicted molar refractivity (Wildman–Crippen MR) is 126 cm³/mol. The first-order chi connectivity index (χ1) is 15.9.